The van der Waals surface area contributed by atoms with Crippen molar-refractivity contribution in [2.75, 3.05) is 0 Å². The van der Waals surface area contributed by atoms with Gasteiger partial charge in [-0.05, 0) is 0 Å². The predicted octanol–water partition coefficient (Wildman–Crippen LogP) is -0.240. The van der Waals surface area contributed by atoms with Crippen LogP contribution in [0.1, 0.15) is 0 Å². The quantitative estimate of drug-likeness (QED) is 0.610. The number of rotatable bonds is 0. The molecule has 0 aliphatic heterocycles. The average molecular weight is 273 g/mol. The number of hydrogen-bond acceptors (Lipinski definition) is 2. The van der Waals surface area contributed by atoms with Crippen molar-refractivity contribution in [3.8, 4) is 0 Å². The summed E-state index contributed by atoms with van der Waals surface area (Å²) in [7, 11) is 0. The van der Waals surface area contributed by atoms with E-state index >= 15 is 0 Å². The molecule has 4 heteroatoms. The minimum atomic E-state index is 0.100. The Labute approximate surface area is 77.9 Å². The summed E-state index contributed by atoms with van der Waals surface area (Å²) in [6.45, 7) is 0. The van der Waals surface area contributed by atoms with Gasteiger partial charge in [-0.2, -0.15) is 0 Å². The van der Waals surface area contributed by atoms with Crippen LogP contribution in [0.15, 0.2) is 0 Å². The summed E-state index contributed by atoms with van der Waals surface area (Å²) in [5.41, 5.74) is 0. The third-order valence-corrected chi connectivity index (χ3v) is 0. The fourth-order valence-corrected chi connectivity index (χ4v) is 0. The molecule has 0 unspecified atom stereocenters. The van der Waals surface area contributed by atoms with Gasteiger partial charge < -0.3 is 0 Å². The first kappa shape index (κ1) is 9.56. The first-order chi connectivity index (χ1) is 2.00. The molecule has 0 heterocycles. The van der Waals surface area contributed by atoms with Crippen LogP contribution in [-0.4, -0.2) is 0 Å². The Balaban J connectivity index is 0. The fourth-order valence-electron chi connectivity index (χ4n) is 0. The van der Waals surface area contributed by atoms with Gasteiger partial charge in [-0.1, -0.05) is 0 Å². The van der Waals surface area contributed by atoms with Gasteiger partial charge in [0.2, 0.25) is 0 Å². The van der Waals surface area contributed by atoms with E-state index in [9.17, 15) is 0 Å². The van der Waals surface area contributed by atoms with Crippen molar-refractivity contribution in [3.05, 3.63) is 0 Å². The Bertz CT molecular complexity index is 8.00. The van der Waals surface area contributed by atoms with Gasteiger partial charge in [-0.3, -0.25) is 0 Å². The summed E-state index contributed by atoms with van der Waals surface area (Å²) in [4.78, 5) is 0. The molecule has 0 rings (SSSR count). The molecule has 22 valence electrons. The molecule has 0 aromatic carbocycles. The van der Waals surface area contributed by atoms with Gasteiger partial charge in [0.25, 0.3) is 0 Å². The standard InChI is InChI=1S/Eu.2O.Y. The third kappa shape index (κ3) is 8.86. The van der Waals surface area contributed by atoms with Crippen LogP contribution in [0.3, 0.4) is 0 Å². The molecule has 0 saturated heterocycles. The third-order valence-electron chi connectivity index (χ3n) is 0. The molecule has 0 aliphatic rings. The second kappa shape index (κ2) is 18.6. The first-order valence-electron chi connectivity index (χ1n) is 0.390. The summed E-state index contributed by atoms with van der Waals surface area (Å²) in [6.07, 6.45) is 0. The van der Waals surface area contributed by atoms with E-state index in [1.807, 2.05) is 0 Å². The molecule has 0 fully saturated rings. The van der Waals surface area contributed by atoms with Crippen molar-refractivity contribution in [1.29, 1.82) is 0 Å². The van der Waals surface area contributed by atoms with Crippen LogP contribution in [0.2, 0.25) is 0 Å². The Morgan fingerprint density at radius 2 is 1.25 bits per heavy atom. The molecule has 0 radical (unpaired) electrons. The van der Waals surface area contributed by atoms with Crippen LogP contribution in [0.25, 0.3) is 0 Å². The summed E-state index contributed by atoms with van der Waals surface area (Å²) >= 11 is 0.572. The second-order valence-electron chi connectivity index (χ2n) is 0. The van der Waals surface area contributed by atoms with Crippen LogP contribution in [-0.2, 0) is 33.0 Å². The van der Waals surface area contributed by atoms with E-state index in [0.29, 0.717) is 47.2 Å². The van der Waals surface area contributed by atoms with E-state index in [-0.39, 0.29) is 31.0 Å². The molecular weight excluding hydrogens is 273 g/mol. The molecule has 4 heavy (non-hydrogen) atoms. The molecule has 0 aliphatic carbocycles. The molecule has 0 bridgehead atoms. The number of hydrogen-bond donors (Lipinski definition) is 0. The van der Waals surface area contributed by atoms with Crippen molar-refractivity contribution < 1.29 is 80.2 Å². The SMILES string of the molecule is [O]=[Eu].[O]=[Y]. The Morgan fingerprint density at radius 3 is 1.25 bits per heavy atom. The Morgan fingerprint density at radius 1 is 1.25 bits per heavy atom. The Hall–Kier alpha value is 2.29. The molecule has 0 saturated carbocycles. The summed E-state index contributed by atoms with van der Waals surface area (Å²) in [5.74, 6) is 0. The molecule has 0 aromatic rings. The summed E-state index contributed by atoms with van der Waals surface area (Å²) < 4.78 is 16.7. The predicted molar refractivity (Wildman–Crippen MR) is 1.37 cm³/mol. The van der Waals surface area contributed by atoms with Crippen LogP contribution in [0, 0.1) is 47.2 Å². The topological polar surface area (TPSA) is 34.1 Å². The monoisotopic (exact) mass is 274 g/mol. The van der Waals surface area contributed by atoms with Gasteiger partial charge in [-0.15, -0.1) is 0 Å². The van der Waals surface area contributed by atoms with Gasteiger partial charge in [-0.25, -0.2) is 0 Å². The molecule has 0 spiro atoms. The first-order valence-corrected chi connectivity index (χ1v) is 2.54. The summed E-state index contributed by atoms with van der Waals surface area (Å²) in [5, 5.41) is 0. The fraction of sp³-hybridized carbons (Fsp3) is 0. The van der Waals surface area contributed by atoms with Crippen molar-refractivity contribution in [1.82, 2.24) is 0 Å². The van der Waals surface area contributed by atoms with Gasteiger partial charge in [0.15, 0.2) is 0 Å². The zero-order chi connectivity index (χ0) is 4.00. The Kier molecular flexibility index (Phi) is 44.4. The van der Waals surface area contributed by atoms with Crippen molar-refractivity contribution in [2.45, 2.75) is 0 Å². The van der Waals surface area contributed by atoms with E-state index in [1.165, 1.54) is 0 Å². The molecule has 0 atom stereocenters. The van der Waals surface area contributed by atoms with Crippen LogP contribution < -0.4 is 0 Å². The minimum absolute atomic E-state index is 0.100. The summed E-state index contributed by atoms with van der Waals surface area (Å²) in [6, 6.07) is 0. The van der Waals surface area contributed by atoms with Gasteiger partial charge >= 0.3 is 80.2 Å². The van der Waals surface area contributed by atoms with E-state index in [2.05, 4.69) is 0 Å². The van der Waals surface area contributed by atoms with Crippen molar-refractivity contribution in [3.63, 3.8) is 0 Å². The van der Waals surface area contributed by atoms with Crippen molar-refractivity contribution >= 4 is 0 Å². The van der Waals surface area contributed by atoms with Gasteiger partial charge in [0.1, 0.15) is 0 Å². The maximum atomic E-state index is 8.38. The van der Waals surface area contributed by atoms with Gasteiger partial charge in [0.05, 0.1) is 0 Å². The zero-order valence-corrected chi connectivity index (χ0v) is 7.04. The van der Waals surface area contributed by atoms with E-state index in [0.717, 1.165) is 0 Å². The average Bonchev–Trinajstić information content (AvgIpc) is 1.50. The zero-order valence-electron chi connectivity index (χ0n) is 1.77. The molecule has 0 N–H and O–H groups in total. The van der Waals surface area contributed by atoms with E-state index in [4.69, 9.17) is 2.02 Å². The van der Waals surface area contributed by atoms with Crippen LogP contribution >= 0.6 is 0 Å². The maximum absolute atomic E-state index is 8.38. The normalized spacial score (nSPS) is 2.50. The van der Waals surface area contributed by atoms with Crippen LogP contribution in [0.5, 0.6) is 0 Å². The molecule has 2 nitrogen and oxygen atoms in total. The van der Waals surface area contributed by atoms with E-state index in [1.54, 1.807) is 0 Å². The molecular formula is EuO2Y. The molecule has 0 aromatic heterocycles. The van der Waals surface area contributed by atoms with Gasteiger partial charge in [0, 0.05) is 0 Å². The van der Waals surface area contributed by atoms with Crippen LogP contribution in [0.4, 0.5) is 0 Å². The second-order valence-corrected chi connectivity index (χ2v) is 0. The van der Waals surface area contributed by atoms with E-state index < -0.39 is 0 Å². The van der Waals surface area contributed by atoms with Crippen molar-refractivity contribution in [2.24, 2.45) is 0 Å². The molecule has 0 amide bonds.